The van der Waals surface area contributed by atoms with Gasteiger partial charge in [0, 0.05) is 27.6 Å². The molecule has 6 aromatic rings. The van der Waals surface area contributed by atoms with Gasteiger partial charge in [-0.15, -0.1) is 0 Å². The normalized spacial score (nSPS) is 13.7. The molecule has 0 spiro atoms. The van der Waals surface area contributed by atoms with Crippen molar-refractivity contribution in [2.75, 3.05) is 0 Å². The maximum atomic E-state index is 5.23. The monoisotopic (exact) mass is 519 g/mol. The van der Waals surface area contributed by atoms with Gasteiger partial charge < -0.3 is 4.57 Å². The highest BCUT2D eigenvalue weighted by molar-refractivity contribution is 7.04. The summed E-state index contributed by atoms with van der Waals surface area (Å²) in [4.78, 5) is 10.3. The molecule has 0 bridgehead atoms. The Morgan fingerprint density at radius 2 is 1.46 bits per heavy atom. The van der Waals surface area contributed by atoms with Gasteiger partial charge in [-0.1, -0.05) is 98.6 Å². The highest BCUT2D eigenvalue weighted by Crippen LogP contribution is 2.37. The average molecular weight is 520 g/mol. The van der Waals surface area contributed by atoms with Gasteiger partial charge in [-0.3, -0.25) is 0 Å². The van der Waals surface area contributed by atoms with Crippen molar-refractivity contribution in [2.45, 2.75) is 20.0 Å². The molecule has 2 aromatic heterocycles. The number of fused-ring (bicyclic) bond motifs is 6. The molecule has 0 amide bonds. The van der Waals surface area contributed by atoms with Gasteiger partial charge in [-0.2, -0.15) is 0 Å². The van der Waals surface area contributed by atoms with Crippen molar-refractivity contribution in [2.24, 2.45) is 0 Å². The van der Waals surface area contributed by atoms with E-state index in [1.165, 1.54) is 37.7 Å². The summed E-state index contributed by atoms with van der Waals surface area (Å²) in [5, 5.41) is 5.20. The molecular formula is C35H29N3Si. The highest BCUT2D eigenvalue weighted by atomic mass is 28.3. The first-order valence-electron chi connectivity index (χ1n) is 13.4. The first kappa shape index (κ1) is 23.6. The summed E-state index contributed by atoms with van der Waals surface area (Å²) in [7, 11) is -2.03. The molecule has 0 aliphatic carbocycles. The molecule has 0 N–H and O–H groups in total. The molecule has 0 saturated carbocycles. The van der Waals surface area contributed by atoms with Gasteiger partial charge in [0.15, 0.2) is 5.82 Å². The lowest BCUT2D eigenvalue weighted by Gasteiger charge is -2.21. The van der Waals surface area contributed by atoms with Crippen LogP contribution in [0.2, 0.25) is 13.1 Å². The van der Waals surface area contributed by atoms with Crippen LogP contribution in [0.25, 0.3) is 55.6 Å². The topological polar surface area (TPSA) is 30.7 Å². The fourth-order valence-electron chi connectivity index (χ4n) is 6.22. The van der Waals surface area contributed by atoms with Gasteiger partial charge in [-0.05, 0) is 53.2 Å². The number of hydrogen-bond acceptors (Lipinski definition) is 2. The number of hydrogen-bond donors (Lipinski definition) is 0. The highest BCUT2D eigenvalue weighted by Gasteiger charge is 2.41. The summed E-state index contributed by atoms with van der Waals surface area (Å²) in [5.74, 6) is 0.690. The number of nitrogens with zero attached hydrogens (tertiary/aromatic N) is 3. The molecule has 0 fully saturated rings. The molecule has 3 heterocycles. The van der Waals surface area contributed by atoms with E-state index < -0.39 is 8.07 Å². The Kier molecular flexibility index (Phi) is 5.29. The zero-order valence-electron chi connectivity index (χ0n) is 22.4. The van der Waals surface area contributed by atoms with Crippen molar-refractivity contribution in [3.8, 4) is 28.2 Å². The standard InChI is InChI=1S/C35H29N3Si/c1-5-13-23(2)35-36-32(34-33(37-35)27-17-10-12-19-31(27)39(34,3)4)24-20-21-30-28(22-24)26-16-9-11-18-29(26)38(30)25-14-7-6-8-15-25/h5-22H,2H2,1,3-4H3. The molecule has 1 aliphatic rings. The second-order valence-electron chi connectivity index (χ2n) is 10.7. The van der Waals surface area contributed by atoms with Crippen LogP contribution in [0.4, 0.5) is 0 Å². The Hall–Kier alpha value is -4.54. The number of allylic oxidation sites excluding steroid dienone is 3. The van der Waals surface area contributed by atoms with Crippen LogP contribution in [-0.2, 0) is 0 Å². The summed E-state index contributed by atoms with van der Waals surface area (Å²) in [6.45, 7) is 11.1. The maximum Gasteiger partial charge on any atom is 0.159 e. The van der Waals surface area contributed by atoms with Crippen molar-refractivity contribution in [3.05, 3.63) is 122 Å². The third kappa shape index (κ3) is 3.49. The second-order valence-corrected chi connectivity index (χ2v) is 15.0. The number of benzene rings is 4. The van der Waals surface area contributed by atoms with E-state index in [0.29, 0.717) is 5.82 Å². The van der Waals surface area contributed by atoms with Crippen molar-refractivity contribution in [1.82, 2.24) is 14.5 Å². The molecule has 1 aliphatic heterocycles. The Bertz CT molecular complexity index is 1960. The summed E-state index contributed by atoms with van der Waals surface area (Å²) < 4.78 is 2.35. The Morgan fingerprint density at radius 3 is 2.28 bits per heavy atom. The van der Waals surface area contributed by atoms with Crippen LogP contribution in [0.1, 0.15) is 12.7 Å². The van der Waals surface area contributed by atoms with E-state index >= 15 is 0 Å². The minimum absolute atomic E-state index is 0.690. The maximum absolute atomic E-state index is 5.23. The number of aromatic nitrogens is 3. The fraction of sp³-hybridized carbons (Fsp3) is 0.0857. The van der Waals surface area contributed by atoms with E-state index in [1.54, 1.807) is 0 Å². The zero-order valence-corrected chi connectivity index (χ0v) is 23.4. The third-order valence-electron chi connectivity index (χ3n) is 8.01. The van der Waals surface area contributed by atoms with E-state index in [4.69, 9.17) is 9.97 Å². The first-order chi connectivity index (χ1) is 19.0. The van der Waals surface area contributed by atoms with Crippen LogP contribution in [-0.4, -0.2) is 22.6 Å². The molecule has 0 unspecified atom stereocenters. The van der Waals surface area contributed by atoms with Crippen LogP contribution in [0.3, 0.4) is 0 Å². The lowest BCUT2D eigenvalue weighted by atomic mass is 10.0. The van der Waals surface area contributed by atoms with E-state index in [-0.39, 0.29) is 0 Å². The zero-order chi connectivity index (χ0) is 26.7. The molecule has 0 atom stereocenters. The van der Waals surface area contributed by atoms with Crippen LogP contribution in [0, 0.1) is 0 Å². The van der Waals surface area contributed by atoms with Gasteiger partial charge in [-0.25, -0.2) is 9.97 Å². The van der Waals surface area contributed by atoms with E-state index in [2.05, 4.69) is 121 Å². The average Bonchev–Trinajstić information content (AvgIpc) is 3.42. The van der Waals surface area contributed by atoms with Gasteiger partial charge >= 0.3 is 0 Å². The second kappa shape index (κ2) is 8.75. The Morgan fingerprint density at radius 1 is 0.769 bits per heavy atom. The van der Waals surface area contributed by atoms with Crippen molar-refractivity contribution >= 4 is 45.8 Å². The molecule has 0 radical (unpaired) electrons. The molecule has 188 valence electrons. The fourth-order valence-corrected chi connectivity index (χ4v) is 9.45. The number of para-hydroxylation sites is 2. The summed E-state index contributed by atoms with van der Waals surface area (Å²) in [6, 6.07) is 34.8. The van der Waals surface area contributed by atoms with E-state index in [1.807, 2.05) is 19.1 Å². The summed E-state index contributed by atoms with van der Waals surface area (Å²) in [6.07, 6.45) is 3.99. The summed E-state index contributed by atoms with van der Waals surface area (Å²) in [5.41, 5.74) is 8.85. The van der Waals surface area contributed by atoms with Gasteiger partial charge in [0.1, 0.15) is 8.07 Å². The van der Waals surface area contributed by atoms with Gasteiger partial charge in [0.05, 0.1) is 22.4 Å². The SMILES string of the molecule is C=C(C=CC)c1nc(-c2ccc3c(c2)c2ccccc2n3-c2ccccc2)c2c(n1)-c1ccccc1[Si]2(C)C. The number of rotatable bonds is 4. The van der Waals surface area contributed by atoms with Crippen molar-refractivity contribution in [1.29, 1.82) is 0 Å². The van der Waals surface area contributed by atoms with Crippen LogP contribution in [0.5, 0.6) is 0 Å². The Labute approximate surface area is 229 Å². The lowest BCUT2D eigenvalue weighted by Crippen LogP contribution is -2.50. The molecule has 3 nitrogen and oxygen atoms in total. The third-order valence-corrected chi connectivity index (χ3v) is 11.5. The quantitative estimate of drug-likeness (QED) is 0.177. The predicted octanol–water partition coefficient (Wildman–Crippen LogP) is 7.63. The molecule has 0 saturated heterocycles. The van der Waals surface area contributed by atoms with Gasteiger partial charge in [0.25, 0.3) is 0 Å². The van der Waals surface area contributed by atoms with E-state index in [0.717, 1.165) is 28.2 Å². The van der Waals surface area contributed by atoms with Crippen LogP contribution >= 0.6 is 0 Å². The van der Waals surface area contributed by atoms with E-state index in [9.17, 15) is 0 Å². The molecule has 39 heavy (non-hydrogen) atoms. The smallest absolute Gasteiger partial charge is 0.159 e. The van der Waals surface area contributed by atoms with Crippen molar-refractivity contribution in [3.63, 3.8) is 0 Å². The first-order valence-corrected chi connectivity index (χ1v) is 16.4. The Balaban J connectivity index is 1.54. The molecule has 7 rings (SSSR count). The van der Waals surface area contributed by atoms with Gasteiger partial charge in [0.2, 0.25) is 0 Å². The van der Waals surface area contributed by atoms with Crippen LogP contribution in [0.15, 0.2) is 116 Å². The van der Waals surface area contributed by atoms with Crippen LogP contribution < -0.4 is 10.4 Å². The molecular weight excluding hydrogens is 490 g/mol. The minimum atomic E-state index is -2.03. The minimum Gasteiger partial charge on any atom is -0.309 e. The van der Waals surface area contributed by atoms with Crippen molar-refractivity contribution < 1.29 is 0 Å². The summed E-state index contributed by atoms with van der Waals surface area (Å²) >= 11 is 0. The predicted molar refractivity (Wildman–Crippen MR) is 168 cm³/mol. The lowest BCUT2D eigenvalue weighted by molar-refractivity contribution is 1.15. The largest absolute Gasteiger partial charge is 0.309 e. The molecule has 4 heteroatoms. The molecule has 4 aromatic carbocycles.